The van der Waals surface area contributed by atoms with Crippen molar-refractivity contribution in [3.63, 3.8) is 0 Å². The lowest BCUT2D eigenvalue weighted by molar-refractivity contribution is -0.137. The summed E-state index contributed by atoms with van der Waals surface area (Å²) in [7, 11) is 0. The van der Waals surface area contributed by atoms with Crippen LogP contribution in [0.4, 0.5) is 0 Å². The van der Waals surface area contributed by atoms with Gasteiger partial charge in [0.1, 0.15) is 0 Å². The maximum Gasteiger partial charge on any atom is 0.304 e. The molecule has 21 heavy (non-hydrogen) atoms. The molecule has 3 nitrogen and oxygen atoms in total. The Labute approximate surface area is 136 Å². The van der Waals surface area contributed by atoms with Gasteiger partial charge in [0, 0.05) is 6.04 Å². The molecule has 0 heterocycles. The van der Waals surface area contributed by atoms with Gasteiger partial charge >= 0.3 is 5.97 Å². The molecule has 0 aromatic heterocycles. The number of carbonyl (C=O) groups is 1. The number of carboxylic acid groups (broad SMARTS) is 1. The summed E-state index contributed by atoms with van der Waals surface area (Å²) in [5.41, 5.74) is 7.13. The molecule has 0 fully saturated rings. The average Bonchev–Trinajstić information content (AvgIpc) is 2.39. The van der Waals surface area contributed by atoms with E-state index in [9.17, 15) is 4.79 Å². The van der Waals surface area contributed by atoms with E-state index in [2.05, 4.69) is 13.8 Å². The van der Waals surface area contributed by atoms with Crippen LogP contribution >= 0.6 is 23.2 Å². The minimum absolute atomic E-state index is 0.0258. The number of aliphatic carboxylic acids is 1. The molecule has 0 aliphatic heterocycles. The topological polar surface area (TPSA) is 63.3 Å². The zero-order valence-corrected chi connectivity index (χ0v) is 14.0. The van der Waals surface area contributed by atoms with Crippen molar-refractivity contribution in [1.82, 2.24) is 0 Å². The first kappa shape index (κ1) is 18.3. The van der Waals surface area contributed by atoms with Crippen molar-refractivity contribution in [2.24, 2.45) is 17.6 Å². The number of hydrogen-bond acceptors (Lipinski definition) is 2. The summed E-state index contributed by atoms with van der Waals surface area (Å²) < 4.78 is 0. The fraction of sp³-hybridized carbons (Fsp3) is 0.562. The molecular weight excluding hydrogens is 309 g/mol. The molecular formula is C16H23Cl2NO2. The highest BCUT2D eigenvalue weighted by atomic mass is 35.5. The number of hydrogen-bond donors (Lipinski definition) is 2. The highest BCUT2D eigenvalue weighted by molar-refractivity contribution is 6.42. The molecule has 0 saturated heterocycles. The fourth-order valence-corrected chi connectivity index (χ4v) is 3.00. The van der Waals surface area contributed by atoms with Gasteiger partial charge in [-0.15, -0.1) is 0 Å². The van der Waals surface area contributed by atoms with Crippen LogP contribution in [0.25, 0.3) is 0 Å². The molecule has 0 aliphatic carbocycles. The lowest BCUT2D eigenvalue weighted by Crippen LogP contribution is -2.33. The smallest absolute Gasteiger partial charge is 0.304 e. The Balaban J connectivity index is 2.59. The molecule has 0 aliphatic rings. The molecule has 1 aromatic carbocycles. The van der Waals surface area contributed by atoms with E-state index in [1.807, 2.05) is 12.1 Å². The highest BCUT2D eigenvalue weighted by Crippen LogP contribution is 2.26. The van der Waals surface area contributed by atoms with Gasteiger partial charge in [0.25, 0.3) is 0 Å². The van der Waals surface area contributed by atoms with Gasteiger partial charge in [-0.2, -0.15) is 0 Å². The van der Waals surface area contributed by atoms with Crippen LogP contribution in [0.2, 0.25) is 10.0 Å². The predicted octanol–water partition coefficient (Wildman–Crippen LogP) is 4.39. The molecule has 0 radical (unpaired) electrons. The lowest BCUT2D eigenvalue weighted by atomic mass is 9.84. The number of benzene rings is 1. The molecule has 118 valence electrons. The Kier molecular flexibility index (Phi) is 7.50. The second-order valence-corrected chi connectivity index (χ2v) is 6.54. The van der Waals surface area contributed by atoms with Crippen molar-refractivity contribution in [2.75, 3.05) is 0 Å². The van der Waals surface area contributed by atoms with Crippen molar-refractivity contribution < 1.29 is 9.90 Å². The van der Waals surface area contributed by atoms with Crippen LogP contribution in [0.15, 0.2) is 18.2 Å². The van der Waals surface area contributed by atoms with Gasteiger partial charge in [0.15, 0.2) is 0 Å². The molecule has 1 aromatic rings. The third kappa shape index (κ3) is 6.25. The van der Waals surface area contributed by atoms with Crippen LogP contribution in [0.5, 0.6) is 0 Å². The average molecular weight is 332 g/mol. The van der Waals surface area contributed by atoms with Crippen LogP contribution in [-0.4, -0.2) is 17.1 Å². The summed E-state index contributed by atoms with van der Waals surface area (Å²) in [5, 5.41) is 9.97. The lowest BCUT2D eigenvalue weighted by Gasteiger charge is -2.24. The first-order valence-corrected chi connectivity index (χ1v) is 8.00. The van der Waals surface area contributed by atoms with Crippen LogP contribution in [0, 0.1) is 11.8 Å². The van der Waals surface area contributed by atoms with Crippen LogP contribution in [-0.2, 0) is 11.2 Å². The van der Waals surface area contributed by atoms with Crippen LogP contribution in [0.3, 0.4) is 0 Å². The van der Waals surface area contributed by atoms with E-state index in [0.29, 0.717) is 16.0 Å². The van der Waals surface area contributed by atoms with Crippen molar-refractivity contribution in [3.05, 3.63) is 33.8 Å². The summed E-state index contributed by atoms with van der Waals surface area (Å²) in [5.74, 6) is -0.205. The van der Waals surface area contributed by atoms with E-state index >= 15 is 0 Å². The van der Waals surface area contributed by atoms with Gasteiger partial charge in [0.2, 0.25) is 0 Å². The van der Waals surface area contributed by atoms with Gasteiger partial charge in [-0.1, -0.05) is 49.5 Å². The molecule has 0 spiro atoms. The summed E-state index contributed by atoms with van der Waals surface area (Å²) >= 11 is 11.9. The number of carboxylic acids is 1. The summed E-state index contributed by atoms with van der Waals surface area (Å²) in [6.45, 7) is 4.21. The monoisotopic (exact) mass is 331 g/mol. The first-order valence-electron chi connectivity index (χ1n) is 7.24. The molecule has 3 unspecified atom stereocenters. The van der Waals surface area contributed by atoms with Gasteiger partial charge in [-0.25, -0.2) is 0 Å². The second-order valence-electron chi connectivity index (χ2n) is 5.72. The summed E-state index contributed by atoms with van der Waals surface area (Å²) in [4.78, 5) is 10.8. The molecule has 0 saturated carbocycles. The maximum atomic E-state index is 10.8. The quantitative estimate of drug-likeness (QED) is 0.742. The normalized spacial score (nSPS) is 15.5. The minimum atomic E-state index is -0.835. The van der Waals surface area contributed by atoms with Gasteiger partial charge in [-0.3, -0.25) is 4.79 Å². The zero-order valence-electron chi connectivity index (χ0n) is 12.5. The standard InChI is InChI=1S/C16H23Cl2NO2/c1-3-12(15(19)9-16(20)21)7-10(2)6-11-4-5-13(17)14(18)8-11/h4-5,8,10,12,15H,3,6-7,9,19H2,1-2H3,(H,20,21). The van der Waals surface area contributed by atoms with Crippen molar-refractivity contribution in [2.45, 2.75) is 45.6 Å². The van der Waals surface area contributed by atoms with E-state index in [4.69, 9.17) is 34.0 Å². The molecule has 3 N–H and O–H groups in total. The zero-order chi connectivity index (χ0) is 16.0. The summed E-state index contributed by atoms with van der Waals surface area (Å²) in [6.07, 6.45) is 2.70. The minimum Gasteiger partial charge on any atom is -0.481 e. The third-order valence-electron chi connectivity index (χ3n) is 3.81. The number of rotatable bonds is 8. The Morgan fingerprint density at radius 2 is 2.00 bits per heavy atom. The van der Waals surface area contributed by atoms with Crippen LogP contribution in [0.1, 0.15) is 38.7 Å². The SMILES string of the molecule is CCC(CC(C)Cc1ccc(Cl)c(Cl)c1)C(N)CC(=O)O. The number of nitrogens with two attached hydrogens (primary N) is 1. The van der Waals surface area contributed by atoms with Crippen molar-refractivity contribution >= 4 is 29.2 Å². The van der Waals surface area contributed by atoms with Gasteiger partial charge in [0.05, 0.1) is 16.5 Å². The Morgan fingerprint density at radius 1 is 1.33 bits per heavy atom. The van der Waals surface area contributed by atoms with E-state index in [1.54, 1.807) is 6.07 Å². The molecule has 5 heteroatoms. The van der Waals surface area contributed by atoms with E-state index in [-0.39, 0.29) is 18.4 Å². The van der Waals surface area contributed by atoms with E-state index < -0.39 is 5.97 Å². The largest absolute Gasteiger partial charge is 0.481 e. The van der Waals surface area contributed by atoms with E-state index in [0.717, 1.165) is 24.8 Å². The molecule has 1 rings (SSSR count). The van der Waals surface area contributed by atoms with Crippen LogP contribution < -0.4 is 5.73 Å². The Morgan fingerprint density at radius 3 is 2.52 bits per heavy atom. The molecule has 0 bridgehead atoms. The first-order chi connectivity index (χ1) is 9.83. The van der Waals surface area contributed by atoms with E-state index in [1.165, 1.54) is 0 Å². The molecule has 3 atom stereocenters. The third-order valence-corrected chi connectivity index (χ3v) is 4.55. The molecule has 0 amide bonds. The van der Waals surface area contributed by atoms with Gasteiger partial charge in [-0.05, 0) is 42.4 Å². The second kappa shape index (κ2) is 8.62. The fourth-order valence-electron chi connectivity index (χ4n) is 2.68. The predicted molar refractivity (Wildman–Crippen MR) is 88.0 cm³/mol. The van der Waals surface area contributed by atoms with Gasteiger partial charge < -0.3 is 10.8 Å². The Hall–Kier alpha value is -0.770. The Bertz CT molecular complexity index is 479. The van der Waals surface area contributed by atoms with Crippen molar-refractivity contribution in [3.8, 4) is 0 Å². The van der Waals surface area contributed by atoms with Crippen molar-refractivity contribution in [1.29, 1.82) is 0 Å². The highest BCUT2D eigenvalue weighted by Gasteiger charge is 2.21. The maximum absolute atomic E-state index is 10.8. The number of halogens is 2. The summed E-state index contributed by atoms with van der Waals surface area (Å²) in [6, 6.07) is 5.38.